The molecule has 3 aromatic heterocycles. The van der Waals surface area contributed by atoms with Crippen molar-refractivity contribution in [2.24, 2.45) is 9.98 Å². The van der Waals surface area contributed by atoms with Gasteiger partial charge in [-0.3, -0.25) is 15.1 Å². The van der Waals surface area contributed by atoms with Crippen LogP contribution in [0.5, 0.6) is 0 Å². The number of fused-ring (bicyclic) bond motifs is 2. The number of aliphatic imine (C=N–C) groups is 2. The van der Waals surface area contributed by atoms with Gasteiger partial charge in [-0.15, -0.1) is 0 Å². The number of nitrogens with zero attached hydrogens (tertiary/aromatic N) is 5. The maximum atomic E-state index is 13.4. The van der Waals surface area contributed by atoms with Gasteiger partial charge in [0, 0.05) is 23.3 Å². The van der Waals surface area contributed by atoms with E-state index in [-0.39, 0.29) is 5.82 Å². The summed E-state index contributed by atoms with van der Waals surface area (Å²) in [6.45, 7) is 5.36. The highest BCUT2D eigenvalue weighted by Gasteiger charge is 2.16. The number of halogens is 1. The third kappa shape index (κ3) is 3.47. The molecule has 5 rings (SSSR count). The molecule has 7 nitrogen and oxygen atoms in total. The van der Waals surface area contributed by atoms with Gasteiger partial charge in [0.25, 0.3) is 0 Å². The Morgan fingerprint density at radius 2 is 1.91 bits per heavy atom. The SMILES string of the molecule is C=NC=N/C=C(\C)c1ccc2[nH]nc(-c3nc4c(-c5ccc(F)cc5)nccc4[nH]3)c2c1. The second kappa shape index (κ2) is 7.99. The molecule has 0 atom stereocenters. The smallest absolute Gasteiger partial charge is 0.159 e. The summed E-state index contributed by atoms with van der Waals surface area (Å²) in [5.74, 6) is 0.327. The third-order valence-corrected chi connectivity index (χ3v) is 5.18. The summed E-state index contributed by atoms with van der Waals surface area (Å²) in [5, 5.41) is 8.48. The lowest BCUT2D eigenvalue weighted by atomic mass is 10.1. The first-order valence-electron chi connectivity index (χ1n) is 9.88. The predicted octanol–water partition coefficient (Wildman–Crippen LogP) is 5.40. The van der Waals surface area contributed by atoms with Gasteiger partial charge >= 0.3 is 0 Å². The van der Waals surface area contributed by atoms with E-state index in [9.17, 15) is 4.39 Å². The van der Waals surface area contributed by atoms with E-state index < -0.39 is 0 Å². The van der Waals surface area contributed by atoms with Gasteiger partial charge in [-0.1, -0.05) is 6.07 Å². The monoisotopic (exact) mass is 423 g/mol. The van der Waals surface area contributed by atoms with E-state index in [4.69, 9.17) is 4.98 Å². The van der Waals surface area contributed by atoms with E-state index in [1.54, 1.807) is 24.5 Å². The van der Waals surface area contributed by atoms with Gasteiger partial charge in [-0.05, 0) is 67.2 Å². The molecule has 0 saturated heterocycles. The van der Waals surface area contributed by atoms with Crippen molar-refractivity contribution in [3.05, 3.63) is 72.3 Å². The van der Waals surface area contributed by atoms with Gasteiger partial charge < -0.3 is 4.98 Å². The van der Waals surface area contributed by atoms with Crippen LogP contribution in [0.3, 0.4) is 0 Å². The minimum Gasteiger partial charge on any atom is -0.336 e. The molecule has 5 aromatic rings. The van der Waals surface area contributed by atoms with Crippen molar-refractivity contribution in [2.75, 3.05) is 0 Å². The molecule has 2 N–H and O–H groups in total. The first-order chi connectivity index (χ1) is 15.6. The highest BCUT2D eigenvalue weighted by Crippen LogP contribution is 2.31. The Hall–Kier alpha value is -4.46. The zero-order valence-corrected chi connectivity index (χ0v) is 17.2. The lowest BCUT2D eigenvalue weighted by Crippen LogP contribution is -1.86. The molecule has 0 bridgehead atoms. The third-order valence-electron chi connectivity index (χ3n) is 5.18. The molecule has 2 aromatic carbocycles. The molecule has 0 radical (unpaired) electrons. The van der Waals surface area contributed by atoms with E-state index in [2.05, 4.69) is 36.9 Å². The molecule has 32 heavy (non-hydrogen) atoms. The molecule has 156 valence electrons. The highest BCUT2D eigenvalue weighted by molar-refractivity contribution is 5.97. The average molecular weight is 423 g/mol. The largest absolute Gasteiger partial charge is 0.336 e. The number of aromatic nitrogens is 5. The van der Waals surface area contributed by atoms with Gasteiger partial charge in [0.2, 0.25) is 0 Å². The predicted molar refractivity (Wildman–Crippen MR) is 126 cm³/mol. The van der Waals surface area contributed by atoms with Crippen molar-refractivity contribution >= 4 is 40.6 Å². The molecule has 0 aliphatic carbocycles. The van der Waals surface area contributed by atoms with Crippen LogP contribution < -0.4 is 0 Å². The lowest BCUT2D eigenvalue weighted by molar-refractivity contribution is 0.628. The summed E-state index contributed by atoms with van der Waals surface area (Å²) in [4.78, 5) is 20.3. The Morgan fingerprint density at radius 1 is 1.06 bits per heavy atom. The quantitative estimate of drug-likeness (QED) is 0.293. The van der Waals surface area contributed by atoms with Crippen molar-refractivity contribution in [2.45, 2.75) is 6.92 Å². The summed E-state index contributed by atoms with van der Waals surface area (Å²) in [7, 11) is 0. The van der Waals surface area contributed by atoms with Crippen molar-refractivity contribution in [3.63, 3.8) is 0 Å². The Kier molecular flexibility index (Phi) is 4.87. The number of rotatable bonds is 5. The topological polar surface area (TPSA) is 95.0 Å². The first kappa shape index (κ1) is 19.5. The molecule has 0 amide bonds. The molecule has 0 aliphatic heterocycles. The van der Waals surface area contributed by atoms with Crippen LogP contribution >= 0.6 is 0 Å². The van der Waals surface area contributed by atoms with Gasteiger partial charge in [0.15, 0.2) is 5.82 Å². The lowest BCUT2D eigenvalue weighted by Gasteiger charge is -2.01. The summed E-state index contributed by atoms with van der Waals surface area (Å²) >= 11 is 0. The maximum absolute atomic E-state index is 13.4. The number of pyridine rings is 1. The van der Waals surface area contributed by atoms with Crippen molar-refractivity contribution in [1.29, 1.82) is 0 Å². The molecule has 0 fully saturated rings. The zero-order valence-electron chi connectivity index (χ0n) is 17.2. The number of hydrogen-bond donors (Lipinski definition) is 2. The van der Waals surface area contributed by atoms with E-state index in [1.165, 1.54) is 18.5 Å². The number of benzene rings is 2. The fourth-order valence-electron chi connectivity index (χ4n) is 3.57. The highest BCUT2D eigenvalue weighted by atomic mass is 19.1. The molecular weight excluding hydrogens is 405 g/mol. The van der Waals surface area contributed by atoms with Crippen LogP contribution in [0.4, 0.5) is 4.39 Å². The molecule has 3 heterocycles. The number of allylic oxidation sites excluding steroid dienone is 1. The Bertz CT molecular complexity index is 1510. The van der Waals surface area contributed by atoms with Crippen LogP contribution in [0.15, 0.2) is 70.9 Å². The van der Waals surface area contributed by atoms with Gasteiger partial charge in [-0.2, -0.15) is 5.10 Å². The Balaban J connectivity index is 1.61. The molecular formula is C24H18FN7. The van der Waals surface area contributed by atoms with Gasteiger partial charge in [0.1, 0.15) is 23.4 Å². The van der Waals surface area contributed by atoms with Crippen LogP contribution in [0.25, 0.3) is 50.3 Å². The first-order valence-corrected chi connectivity index (χ1v) is 9.88. The molecule has 0 spiro atoms. The molecule has 8 heteroatoms. The Morgan fingerprint density at radius 3 is 2.72 bits per heavy atom. The number of nitrogens with one attached hydrogen (secondary N) is 2. The van der Waals surface area contributed by atoms with E-state index in [1.807, 2.05) is 31.2 Å². The average Bonchev–Trinajstić information content (AvgIpc) is 3.43. The number of aromatic amines is 2. The van der Waals surface area contributed by atoms with Crippen molar-refractivity contribution in [3.8, 4) is 22.8 Å². The van der Waals surface area contributed by atoms with Crippen LogP contribution in [-0.2, 0) is 0 Å². The van der Waals surface area contributed by atoms with E-state index in [0.717, 1.165) is 33.1 Å². The van der Waals surface area contributed by atoms with E-state index >= 15 is 0 Å². The number of hydrogen-bond acceptors (Lipinski definition) is 4. The van der Waals surface area contributed by atoms with Crippen LogP contribution in [0, 0.1) is 5.82 Å². The van der Waals surface area contributed by atoms with Gasteiger partial charge in [-0.25, -0.2) is 14.4 Å². The summed E-state index contributed by atoms with van der Waals surface area (Å²) < 4.78 is 13.4. The van der Waals surface area contributed by atoms with Crippen molar-refractivity contribution in [1.82, 2.24) is 25.1 Å². The molecule has 0 aliphatic rings. The van der Waals surface area contributed by atoms with Crippen LogP contribution in [-0.4, -0.2) is 38.2 Å². The molecule has 0 saturated carbocycles. The standard InChI is InChI=1S/C24H18FN7/c1-14(12-27-13-26-2)16-5-8-19-18(11-16)22(32-31-19)24-29-20-9-10-28-21(23(20)30-24)15-3-6-17(25)7-4-15/h3-13H,2H2,1H3,(H,29,30)(H,31,32)/b14-12+,27-13?. The minimum absolute atomic E-state index is 0.293. The van der Waals surface area contributed by atoms with E-state index in [0.29, 0.717) is 22.7 Å². The zero-order chi connectivity index (χ0) is 22.1. The van der Waals surface area contributed by atoms with Crippen LogP contribution in [0.2, 0.25) is 0 Å². The fraction of sp³-hybridized carbons (Fsp3) is 0.0417. The fourth-order valence-corrected chi connectivity index (χ4v) is 3.57. The normalized spacial score (nSPS) is 12.2. The summed E-state index contributed by atoms with van der Waals surface area (Å²) in [6, 6.07) is 14.1. The van der Waals surface area contributed by atoms with Crippen molar-refractivity contribution < 1.29 is 4.39 Å². The molecule has 0 unspecified atom stereocenters. The summed E-state index contributed by atoms with van der Waals surface area (Å²) in [6.07, 6.45) is 4.83. The van der Waals surface area contributed by atoms with Gasteiger partial charge in [0.05, 0.1) is 16.7 Å². The second-order valence-electron chi connectivity index (χ2n) is 7.24. The van der Waals surface area contributed by atoms with Crippen LogP contribution in [0.1, 0.15) is 12.5 Å². The number of imidazole rings is 1. The maximum Gasteiger partial charge on any atom is 0.159 e. The summed E-state index contributed by atoms with van der Waals surface area (Å²) in [5.41, 5.74) is 6.57. The Labute approximate surface area is 182 Å². The minimum atomic E-state index is -0.293. The second-order valence-corrected chi connectivity index (χ2v) is 7.24. The number of H-pyrrole nitrogens is 2.